The Balaban J connectivity index is 2.72. The molecular weight excluding hydrogens is 296 g/mol. The highest BCUT2D eigenvalue weighted by atomic mass is 16.5. The molecule has 0 saturated carbocycles. The number of hydrogen-bond acceptors (Lipinski definition) is 4. The topological polar surface area (TPSA) is 73.6 Å². The first-order valence-electron chi connectivity index (χ1n) is 7.42. The quantitative estimate of drug-likeness (QED) is 0.885. The molecule has 1 aromatic carbocycles. The highest BCUT2D eigenvalue weighted by Gasteiger charge is 2.23. The second kappa shape index (κ2) is 6.73. The van der Waals surface area contributed by atoms with Crippen LogP contribution in [0.2, 0.25) is 0 Å². The van der Waals surface area contributed by atoms with Crippen molar-refractivity contribution in [1.82, 2.24) is 9.78 Å². The van der Waals surface area contributed by atoms with Crippen molar-refractivity contribution in [3.05, 3.63) is 29.5 Å². The van der Waals surface area contributed by atoms with Crippen LogP contribution in [0.15, 0.2) is 18.2 Å². The van der Waals surface area contributed by atoms with Crippen molar-refractivity contribution in [3.63, 3.8) is 0 Å². The molecule has 124 valence electrons. The zero-order chi connectivity index (χ0) is 17.1. The maximum atomic E-state index is 11.5. The summed E-state index contributed by atoms with van der Waals surface area (Å²) in [6.45, 7) is 6.50. The van der Waals surface area contributed by atoms with E-state index < -0.39 is 5.97 Å². The Bertz CT molecular complexity index is 720. The summed E-state index contributed by atoms with van der Waals surface area (Å²) in [6, 6.07) is 5.45. The van der Waals surface area contributed by atoms with E-state index in [0.717, 1.165) is 11.3 Å². The normalized spacial score (nSPS) is 10.9. The number of carbonyl (C=O) groups is 1. The van der Waals surface area contributed by atoms with Crippen molar-refractivity contribution in [3.8, 4) is 22.8 Å². The molecule has 0 radical (unpaired) electrons. The molecule has 6 heteroatoms. The first kappa shape index (κ1) is 16.9. The van der Waals surface area contributed by atoms with Gasteiger partial charge in [-0.15, -0.1) is 0 Å². The maximum Gasteiger partial charge on any atom is 0.356 e. The number of methoxy groups -OCH3 is 2. The Morgan fingerprint density at radius 1 is 1.30 bits per heavy atom. The summed E-state index contributed by atoms with van der Waals surface area (Å²) in [6.07, 6.45) is 0. The number of rotatable bonds is 6. The van der Waals surface area contributed by atoms with E-state index in [1.807, 2.05) is 6.07 Å². The molecule has 0 fully saturated rings. The van der Waals surface area contributed by atoms with Crippen LogP contribution in [0.1, 0.15) is 29.9 Å². The molecule has 0 aliphatic rings. The Labute approximate surface area is 135 Å². The zero-order valence-corrected chi connectivity index (χ0v) is 14.1. The molecule has 0 unspecified atom stereocenters. The summed E-state index contributed by atoms with van der Waals surface area (Å²) in [4.78, 5) is 11.5. The molecule has 0 aliphatic carbocycles. The number of aromatic carboxylic acids is 1. The second-order valence-corrected chi connectivity index (χ2v) is 5.77. The van der Waals surface area contributed by atoms with Crippen molar-refractivity contribution in [2.24, 2.45) is 5.92 Å². The molecule has 23 heavy (non-hydrogen) atoms. The molecule has 1 heterocycles. The lowest BCUT2D eigenvalue weighted by Crippen LogP contribution is -2.09. The average molecular weight is 318 g/mol. The minimum atomic E-state index is -1.03. The van der Waals surface area contributed by atoms with E-state index in [2.05, 4.69) is 18.9 Å². The molecule has 0 spiro atoms. The van der Waals surface area contributed by atoms with E-state index in [-0.39, 0.29) is 5.69 Å². The van der Waals surface area contributed by atoms with E-state index in [4.69, 9.17) is 9.47 Å². The number of ether oxygens (including phenoxy) is 2. The fourth-order valence-corrected chi connectivity index (χ4v) is 2.57. The lowest BCUT2D eigenvalue weighted by atomic mass is 10.0. The molecule has 0 saturated heterocycles. The molecule has 6 nitrogen and oxygen atoms in total. The Morgan fingerprint density at radius 2 is 2.00 bits per heavy atom. The van der Waals surface area contributed by atoms with Gasteiger partial charge in [0, 0.05) is 17.7 Å². The second-order valence-electron chi connectivity index (χ2n) is 5.77. The standard InChI is InChI=1S/C17H22N2O4/c1-10(2)9-19-16(11(3)15(18-19)17(20)21)13-8-12(22-4)6-7-14(13)23-5/h6-8,10H,9H2,1-5H3,(H,20,21). The summed E-state index contributed by atoms with van der Waals surface area (Å²) >= 11 is 0. The van der Waals surface area contributed by atoms with E-state index in [9.17, 15) is 9.90 Å². The minimum absolute atomic E-state index is 0.0607. The Hall–Kier alpha value is -2.50. The van der Waals surface area contributed by atoms with Crippen molar-refractivity contribution in [1.29, 1.82) is 0 Å². The number of carboxylic acid groups (broad SMARTS) is 1. The number of benzene rings is 1. The Kier molecular flexibility index (Phi) is 4.93. The molecular formula is C17H22N2O4. The third kappa shape index (κ3) is 3.31. The largest absolute Gasteiger partial charge is 0.497 e. The van der Waals surface area contributed by atoms with Gasteiger partial charge in [-0.3, -0.25) is 4.68 Å². The molecule has 0 atom stereocenters. The van der Waals surface area contributed by atoms with E-state index in [1.54, 1.807) is 38.0 Å². The minimum Gasteiger partial charge on any atom is -0.497 e. The van der Waals surface area contributed by atoms with Crippen LogP contribution < -0.4 is 9.47 Å². The van der Waals surface area contributed by atoms with Gasteiger partial charge in [0.2, 0.25) is 0 Å². The van der Waals surface area contributed by atoms with Gasteiger partial charge in [0.1, 0.15) is 11.5 Å². The van der Waals surface area contributed by atoms with Crippen LogP contribution in [-0.4, -0.2) is 35.1 Å². The lowest BCUT2D eigenvalue weighted by molar-refractivity contribution is 0.0688. The highest BCUT2D eigenvalue weighted by Crippen LogP contribution is 2.36. The molecule has 2 aromatic rings. The summed E-state index contributed by atoms with van der Waals surface area (Å²) < 4.78 is 12.5. The fraction of sp³-hybridized carbons (Fsp3) is 0.412. The molecule has 0 bridgehead atoms. The first-order valence-corrected chi connectivity index (χ1v) is 7.42. The van der Waals surface area contributed by atoms with Crippen LogP contribution >= 0.6 is 0 Å². The number of hydrogen-bond donors (Lipinski definition) is 1. The highest BCUT2D eigenvalue weighted by molar-refractivity contribution is 5.90. The Morgan fingerprint density at radius 3 is 2.52 bits per heavy atom. The smallest absolute Gasteiger partial charge is 0.356 e. The van der Waals surface area contributed by atoms with Crippen molar-refractivity contribution in [2.45, 2.75) is 27.3 Å². The zero-order valence-electron chi connectivity index (χ0n) is 14.1. The molecule has 2 rings (SSSR count). The van der Waals surface area contributed by atoms with Crippen LogP contribution in [0.3, 0.4) is 0 Å². The summed E-state index contributed by atoms with van der Waals surface area (Å²) in [5.74, 6) is 0.615. The van der Waals surface area contributed by atoms with Crippen molar-refractivity contribution >= 4 is 5.97 Å². The van der Waals surface area contributed by atoms with Gasteiger partial charge >= 0.3 is 5.97 Å². The number of aromatic nitrogens is 2. The third-order valence-corrected chi connectivity index (χ3v) is 3.59. The van der Waals surface area contributed by atoms with Crippen LogP contribution in [-0.2, 0) is 6.54 Å². The fourth-order valence-electron chi connectivity index (χ4n) is 2.57. The predicted octanol–water partition coefficient (Wildman–Crippen LogP) is 3.23. The molecule has 0 amide bonds. The number of carboxylic acids is 1. The summed E-state index contributed by atoms with van der Waals surface area (Å²) in [5, 5.41) is 13.7. The predicted molar refractivity (Wildman–Crippen MR) is 87.3 cm³/mol. The van der Waals surface area contributed by atoms with Gasteiger partial charge in [-0.05, 0) is 31.0 Å². The van der Waals surface area contributed by atoms with Crippen LogP contribution in [0.5, 0.6) is 11.5 Å². The van der Waals surface area contributed by atoms with Gasteiger partial charge in [-0.2, -0.15) is 5.10 Å². The SMILES string of the molecule is COc1ccc(OC)c(-c2c(C)c(C(=O)O)nn2CC(C)C)c1. The maximum absolute atomic E-state index is 11.5. The van der Waals surface area contributed by atoms with Crippen molar-refractivity contribution in [2.75, 3.05) is 14.2 Å². The van der Waals surface area contributed by atoms with Gasteiger partial charge in [0.05, 0.1) is 19.9 Å². The van der Waals surface area contributed by atoms with Crippen LogP contribution in [0.25, 0.3) is 11.3 Å². The van der Waals surface area contributed by atoms with Gasteiger partial charge in [-0.25, -0.2) is 4.79 Å². The van der Waals surface area contributed by atoms with Gasteiger partial charge in [0.15, 0.2) is 5.69 Å². The van der Waals surface area contributed by atoms with Gasteiger partial charge in [0.25, 0.3) is 0 Å². The van der Waals surface area contributed by atoms with Gasteiger partial charge in [-0.1, -0.05) is 13.8 Å². The van der Waals surface area contributed by atoms with Gasteiger partial charge < -0.3 is 14.6 Å². The summed E-state index contributed by atoms with van der Waals surface area (Å²) in [7, 11) is 3.18. The number of nitrogens with zero attached hydrogens (tertiary/aromatic N) is 2. The summed E-state index contributed by atoms with van der Waals surface area (Å²) in [5.41, 5.74) is 2.19. The van der Waals surface area contributed by atoms with Crippen LogP contribution in [0, 0.1) is 12.8 Å². The van der Waals surface area contributed by atoms with E-state index in [1.165, 1.54) is 0 Å². The van der Waals surface area contributed by atoms with E-state index in [0.29, 0.717) is 29.5 Å². The molecule has 0 aliphatic heterocycles. The van der Waals surface area contributed by atoms with E-state index >= 15 is 0 Å². The molecule has 1 N–H and O–H groups in total. The lowest BCUT2D eigenvalue weighted by Gasteiger charge is -2.14. The molecule has 1 aromatic heterocycles. The average Bonchev–Trinajstić information content (AvgIpc) is 2.82. The monoisotopic (exact) mass is 318 g/mol. The van der Waals surface area contributed by atoms with Crippen LogP contribution in [0.4, 0.5) is 0 Å². The van der Waals surface area contributed by atoms with Crippen molar-refractivity contribution < 1.29 is 19.4 Å². The first-order chi connectivity index (χ1) is 10.9. The third-order valence-electron chi connectivity index (χ3n) is 3.59.